The number of aromatic nitrogens is 5. The normalized spacial score (nSPS) is 14.6. The van der Waals surface area contributed by atoms with E-state index in [-0.39, 0.29) is 5.69 Å². The summed E-state index contributed by atoms with van der Waals surface area (Å²) in [5.74, 6) is 0. The molecule has 0 saturated heterocycles. The molecule has 0 amide bonds. The van der Waals surface area contributed by atoms with E-state index in [2.05, 4.69) is 32.6 Å². The first-order valence-electron chi connectivity index (χ1n) is 8.00. The highest BCUT2D eigenvalue weighted by atomic mass is 127. The number of pyridine rings is 2. The molecule has 0 radical (unpaired) electrons. The molecule has 0 aliphatic heterocycles. The van der Waals surface area contributed by atoms with Gasteiger partial charge in [-0.1, -0.05) is 11.6 Å². The van der Waals surface area contributed by atoms with Gasteiger partial charge in [0, 0.05) is 29.5 Å². The summed E-state index contributed by atoms with van der Waals surface area (Å²) < 4.78 is 6.63. The largest absolute Gasteiger partial charge is 0.329 e. The van der Waals surface area contributed by atoms with Gasteiger partial charge in [-0.2, -0.15) is 0 Å². The monoisotopic (exact) mass is 465 g/mol. The van der Waals surface area contributed by atoms with E-state index < -0.39 is 0 Å². The van der Waals surface area contributed by atoms with Gasteiger partial charge in [0.05, 0.1) is 29.5 Å². The average Bonchev–Trinajstić information content (AvgIpc) is 3.34. The van der Waals surface area contributed by atoms with Crippen LogP contribution in [0.3, 0.4) is 0 Å². The van der Waals surface area contributed by atoms with Crippen molar-refractivity contribution in [3.8, 4) is 0 Å². The summed E-state index contributed by atoms with van der Waals surface area (Å²) in [5.41, 5.74) is 3.44. The van der Waals surface area contributed by atoms with E-state index in [4.69, 9.17) is 11.6 Å². The van der Waals surface area contributed by atoms with E-state index in [0.717, 1.165) is 38.9 Å². The van der Waals surface area contributed by atoms with Crippen LogP contribution in [0.5, 0.6) is 0 Å². The Hall–Kier alpha value is -1.87. The summed E-state index contributed by atoms with van der Waals surface area (Å²) in [4.78, 5) is 21.9. The Kier molecular flexibility index (Phi) is 3.43. The highest BCUT2D eigenvalue weighted by Crippen LogP contribution is 2.36. The van der Waals surface area contributed by atoms with Gasteiger partial charge in [-0.3, -0.25) is 18.5 Å². The maximum atomic E-state index is 13.0. The second-order valence-corrected chi connectivity index (χ2v) is 7.71. The van der Waals surface area contributed by atoms with Crippen LogP contribution in [0, 0.1) is 3.70 Å². The number of hydrogen-bond donors (Lipinski definition) is 0. The molecule has 8 heteroatoms. The topological polar surface area (TPSA) is 57.1 Å². The van der Waals surface area contributed by atoms with Crippen LogP contribution in [-0.4, -0.2) is 23.5 Å². The number of halogens is 2. The molecule has 0 N–H and O–H groups in total. The van der Waals surface area contributed by atoms with Gasteiger partial charge < -0.3 is 0 Å². The van der Waals surface area contributed by atoms with Crippen molar-refractivity contribution in [2.45, 2.75) is 25.4 Å². The van der Waals surface area contributed by atoms with E-state index in [0.29, 0.717) is 17.6 Å². The Labute approximate surface area is 161 Å². The third-order valence-electron chi connectivity index (χ3n) is 4.58. The minimum Gasteiger partial charge on any atom is -0.295 e. The zero-order chi connectivity index (χ0) is 17.1. The van der Waals surface area contributed by atoms with Crippen LogP contribution in [0.4, 0.5) is 0 Å². The SMILES string of the molecule is O=c1n(Cc2nc3cc(Cl)ccn3c2I)c2cnccc2n1C1CC1. The first-order valence-corrected chi connectivity index (χ1v) is 9.46. The lowest BCUT2D eigenvalue weighted by Crippen LogP contribution is -2.24. The molecule has 0 aromatic carbocycles. The van der Waals surface area contributed by atoms with Gasteiger partial charge in [-0.15, -0.1) is 0 Å². The molecule has 0 bridgehead atoms. The fourth-order valence-corrected chi connectivity index (χ4v) is 4.11. The van der Waals surface area contributed by atoms with Crippen LogP contribution >= 0.6 is 34.2 Å². The smallest absolute Gasteiger partial charge is 0.295 e. The van der Waals surface area contributed by atoms with Crippen molar-refractivity contribution < 1.29 is 0 Å². The zero-order valence-corrected chi connectivity index (χ0v) is 16.0. The van der Waals surface area contributed by atoms with Crippen LogP contribution in [0.25, 0.3) is 16.7 Å². The van der Waals surface area contributed by atoms with Crippen molar-refractivity contribution >= 4 is 50.9 Å². The fourth-order valence-electron chi connectivity index (χ4n) is 3.25. The van der Waals surface area contributed by atoms with Crippen molar-refractivity contribution in [2.24, 2.45) is 0 Å². The minimum absolute atomic E-state index is 0.0105. The van der Waals surface area contributed by atoms with Gasteiger partial charge >= 0.3 is 5.69 Å². The van der Waals surface area contributed by atoms with Gasteiger partial charge in [-0.05, 0) is 47.6 Å². The predicted molar refractivity (Wildman–Crippen MR) is 104 cm³/mol. The van der Waals surface area contributed by atoms with E-state index >= 15 is 0 Å². The van der Waals surface area contributed by atoms with Crippen LogP contribution in [0.1, 0.15) is 24.6 Å². The molecule has 4 heterocycles. The Morgan fingerprint density at radius 3 is 2.92 bits per heavy atom. The molecule has 1 saturated carbocycles. The van der Waals surface area contributed by atoms with E-state index in [9.17, 15) is 4.79 Å². The lowest BCUT2D eigenvalue weighted by atomic mass is 10.4. The van der Waals surface area contributed by atoms with Crippen LogP contribution in [0.2, 0.25) is 5.02 Å². The van der Waals surface area contributed by atoms with Crippen LogP contribution < -0.4 is 5.69 Å². The van der Waals surface area contributed by atoms with Gasteiger partial charge in [0.1, 0.15) is 9.35 Å². The Morgan fingerprint density at radius 2 is 2.12 bits per heavy atom. The summed E-state index contributed by atoms with van der Waals surface area (Å²) in [6.07, 6.45) is 7.52. The highest BCUT2D eigenvalue weighted by molar-refractivity contribution is 14.1. The Balaban J connectivity index is 1.69. The molecule has 0 unspecified atom stereocenters. The van der Waals surface area contributed by atoms with Crippen molar-refractivity contribution in [1.82, 2.24) is 23.5 Å². The highest BCUT2D eigenvalue weighted by Gasteiger charge is 2.29. The van der Waals surface area contributed by atoms with Crippen molar-refractivity contribution in [3.05, 3.63) is 61.7 Å². The van der Waals surface area contributed by atoms with Crippen molar-refractivity contribution in [1.29, 1.82) is 0 Å². The molecule has 0 atom stereocenters. The molecule has 1 fully saturated rings. The lowest BCUT2D eigenvalue weighted by Gasteiger charge is -2.01. The predicted octanol–water partition coefficient (Wildman–Crippen LogP) is 3.49. The summed E-state index contributed by atoms with van der Waals surface area (Å²) in [7, 11) is 0. The molecular weight excluding hydrogens is 453 g/mol. The van der Waals surface area contributed by atoms with E-state index in [1.165, 1.54) is 0 Å². The standard InChI is InChI=1S/C17H13ClIN5O/c18-10-4-6-22-15(7-10)21-12(16(22)19)9-23-14-8-20-5-3-13(14)24(17(23)25)11-1-2-11/h3-8,11H,1-2,9H2. The summed E-state index contributed by atoms with van der Waals surface area (Å²) in [5, 5.41) is 0.646. The molecule has 4 aromatic rings. The van der Waals surface area contributed by atoms with Gasteiger partial charge in [0.2, 0.25) is 0 Å². The first kappa shape index (κ1) is 15.4. The maximum absolute atomic E-state index is 13.0. The van der Waals surface area contributed by atoms with E-state index in [1.807, 2.05) is 33.4 Å². The molecule has 25 heavy (non-hydrogen) atoms. The number of imidazole rings is 2. The molecule has 5 rings (SSSR count). The average molecular weight is 466 g/mol. The van der Waals surface area contributed by atoms with Gasteiger partial charge in [0.15, 0.2) is 0 Å². The van der Waals surface area contributed by atoms with Gasteiger partial charge in [0.25, 0.3) is 0 Å². The first-order chi connectivity index (χ1) is 12.1. The molecule has 6 nitrogen and oxygen atoms in total. The van der Waals surface area contributed by atoms with E-state index in [1.54, 1.807) is 17.0 Å². The summed E-state index contributed by atoms with van der Waals surface area (Å²) >= 11 is 8.33. The van der Waals surface area contributed by atoms with Gasteiger partial charge in [-0.25, -0.2) is 9.78 Å². The quantitative estimate of drug-likeness (QED) is 0.435. The second-order valence-electron chi connectivity index (χ2n) is 6.26. The fraction of sp³-hybridized carbons (Fsp3) is 0.235. The third kappa shape index (κ3) is 2.40. The number of nitrogens with zero attached hydrogens (tertiary/aromatic N) is 5. The zero-order valence-electron chi connectivity index (χ0n) is 13.1. The Bertz CT molecular complexity index is 1190. The molecular formula is C17H13ClIN5O. The molecule has 0 spiro atoms. The van der Waals surface area contributed by atoms with Crippen LogP contribution in [-0.2, 0) is 6.54 Å². The van der Waals surface area contributed by atoms with Crippen molar-refractivity contribution in [3.63, 3.8) is 0 Å². The summed E-state index contributed by atoms with van der Waals surface area (Å²) in [6, 6.07) is 5.89. The third-order valence-corrected chi connectivity index (χ3v) is 5.96. The van der Waals surface area contributed by atoms with Crippen molar-refractivity contribution in [2.75, 3.05) is 0 Å². The van der Waals surface area contributed by atoms with Crippen LogP contribution in [0.15, 0.2) is 41.6 Å². The number of rotatable bonds is 3. The number of fused-ring (bicyclic) bond motifs is 2. The second kappa shape index (κ2) is 5.57. The molecule has 4 aromatic heterocycles. The molecule has 1 aliphatic rings. The minimum atomic E-state index is 0.0105. The maximum Gasteiger partial charge on any atom is 0.329 e. The lowest BCUT2D eigenvalue weighted by molar-refractivity contribution is 0.666. The summed E-state index contributed by atoms with van der Waals surface area (Å²) in [6.45, 7) is 0.415. The molecule has 1 aliphatic carbocycles. The molecule has 126 valence electrons. The number of hydrogen-bond acceptors (Lipinski definition) is 3. The Morgan fingerprint density at radius 1 is 1.28 bits per heavy atom.